The van der Waals surface area contributed by atoms with Gasteiger partial charge in [-0.1, -0.05) is 48.0 Å². The van der Waals surface area contributed by atoms with E-state index < -0.39 is 4.92 Å². The first-order valence-electron chi connectivity index (χ1n) is 8.41. The van der Waals surface area contributed by atoms with Crippen LogP contribution in [0.2, 0.25) is 5.02 Å². The summed E-state index contributed by atoms with van der Waals surface area (Å²) in [5.74, 6) is 0.393. The van der Waals surface area contributed by atoms with E-state index in [2.05, 4.69) is 15.3 Å². The number of halogens is 1. The van der Waals surface area contributed by atoms with Crippen LogP contribution in [0.5, 0.6) is 0 Å². The lowest BCUT2D eigenvalue weighted by atomic mass is 10.2. The van der Waals surface area contributed by atoms with Crippen molar-refractivity contribution in [1.82, 2.24) is 9.97 Å². The number of benzene rings is 2. The van der Waals surface area contributed by atoms with Crippen LogP contribution in [0.3, 0.4) is 0 Å². The van der Waals surface area contributed by atoms with Crippen molar-refractivity contribution in [2.24, 2.45) is 0 Å². The van der Waals surface area contributed by atoms with Gasteiger partial charge in [0.2, 0.25) is 11.6 Å². The second-order valence-corrected chi connectivity index (χ2v) is 6.08. The van der Waals surface area contributed by atoms with Crippen molar-refractivity contribution in [2.75, 3.05) is 16.8 Å². The van der Waals surface area contributed by atoms with Crippen molar-refractivity contribution < 1.29 is 4.92 Å². The summed E-state index contributed by atoms with van der Waals surface area (Å²) in [4.78, 5) is 21.4. The summed E-state index contributed by atoms with van der Waals surface area (Å²) in [6.07, 6.45) is 1.32. The van der Waals surface area contributed by atoms with Gasteiger partial charge in [0.25, 0.3) is 0 Å². The molecule has 3 rings (SSSR count). The topological polar surface area (TPSA) is 84.2 Å². The highest BCUT2D eigenvalue weighted by atomic mass is 35.5. The summed E-state index contributed by atoms with van der Waals surface area (Å²) in [7, 11) is 0. The zero-order chi connectivity index (χ0) is 19.2. The van der Waals surface area contributed by atoms with E-state index in [-0.39, 0.29) is 17.3 Å². The van der Waals surface area contributed by atoms with Crippen LogP contribution < -0.4 is 10.2 Å². The zero-order valence-electron chi connectivity index (χ0n) is 14.7. The predicted molar refractivity (Wildman–Crippen MR) is 107 cm³/mol. The lowest BCUT2D eigenvalue weighted by molar-refractivity contribution is -0.383. The Bertz CT molecular complexity index is 936. The summed E-state index contributed by atoms with van der Waals surface area (Å²) < 4.78 is 0. The Kier molecular flexibility index (Phi) is 5.83. The third kappa shape index (κ3) is 4.15. The number of nitro groups is 1. The van der Waals surface area contributed by atoms with Gasteiger partial charge in [0, 0.05) is 23.8 Å². The molecule has 1 heterocycles. The number of anilines is 3. The first kappa shape index (κ1) is 18.6. The van der Waals surface area contributed by atoms with Gasteiger partial charge in [-0.05, 0) is 30.7 Å². The molecular formula is C19H18ClN5O2. The van der Waals surface area contributed by atoms with Crippen LogP contribution in [-0.2, 0) is 6.54 Å². The molecule has 0 radical (unpaired) electrons. The van der Waals surface area contributed by atoms with Gasteiger partial charge in [0.1, 0.15) is 6.33 Å². The predicted octanol–water partition coefficient (Wildman–Crippen LogP) is 4.81. The third-order valence-electron chi connectivity index (χ3n) is 4.03. The number of aromatic nitrogens is 2. The minimum absolute atomic E-state index is 0.152. The maximum absolute atomic E-state index is 11.8. The molecule has 27 heavy (non-hydrogen) atoms. The van der Waals surface area contributed by atoms with E-state index in [1.807, 2.05) is 55.5 Å². The molecule has 0 aliphatic rings. The van der Waals surface area contributed by atoms with Crippen molar-refractivity contribution in [1.29, 1.82) is 0 Å². The third-order valence-corrected chi connectivity index (χ3v) is 4.40. The lowest BCUT2D eigenvalue weighted by Crippen LogP contribution is -2.20. The van der Waals surface area contributed by atoms with Crippen molar-refractivity contribution in [2.45, 2.75) is 13.5 Å². The Labute approximate surface area is 161 Å². The lowest BCUT2D eigenvalue weighted by Gasteiger charge is -2.22. The van der Waals surface area contributed by atoms with Crippen LogP contribution in [0.25, 0.3) is 0 Å². The van der Waals surface area contributed by atoms with Gasteiger partial charge >= 0.3 is 5.69 Å². The fourth-order valence-electron chi connectivity index (χ4n) is 2.75. The summed E-state index contributed by atoms with van der Waals surface area (Å²) in [6, 6.07) is 16.7. The maximum Gasteiger partial charge on any atom is 0.353 e. The van der Waals surface area contributed by atoms with E-state index >= 15 is 0 Å². The quantitative estimate of drug-likeness (QED) is 0.465. The number of para-hydroxylation sites is 1. The molecule has 138 valence electrons. The average molecular weight is 384 g/mol. The molecule has 3 aromatic rings. The Balaban J connectivity index is 1.97. The van der Waals surface area contributed by atoms with Crippen LogP contribution in [0.1, 0.15) is 12.5 Å². The van der Waals surface area contributed by atoms with E-state index in [4.69, 9.17) is 11.6 Å². The van der Waals surface area contributed by atoms with Crippen molar-refractivity contribution >= 4 is 34.6 Å². The van der Waals surface area contributed by atoms with Gasteiger partial charge in [-0.2, -0.15) is 0 Å². The minimum Gasteiger partial charge on any atom is -0.360 e. The fourth-order valence-corrected chi connectivity index (χ4v) is 2.95. The largest absolute Gasteiger partial charge is 0.360 e. The zero-order valence-corrected chi connectivity index (χ0v) is 15.4. The molecule has 1 aromatic heterocycles. The highest BCUT2D eigenvalue weighted by Crippen LogP contribution is 2.35. The minimum atomic E-state index is -0.462. The van der Waals surface area contributed by atoms with Crippen molar-refractivity contribution in [3.63, 3.8) is 0 Å². The molecule has 0 fully saturated rings. The smallest absolute Gasteiger partial charge is 0.353 e. The Morgan fingerprint density at radius 2 is 1.81 bits per heavy atom. The molecule has 0 amide bonds. The molecule has 0 atom stereocenters. The Hall–Kier alpha value is -3.19. The monoisotopic (exact) mass is 383 g/mol. The molecule has 0 bridgehead atoms. The van der Waals surface area contributed by atoms with E-state index in [9.17, 15) is 10.1 Å². The normalized spacial score (nSPS) is 10.4. The summed E-state index contributed by atoms with van der Waals surface area (Å²) in [6.45, 7) is 2.75. The molecule has 0 saturated heterocycles. The van der Waals surface area contributed by atoms with E-state index in [1.165, 1.54) is 6.33 Å². The second-order valence-electron chi connectivity index (χ2n) is 5.68. The van der Waals surface area contributed by atoms with Gasteiger partial charge in [0.05, 0.1) is 4.92 Å². The van der Waals surface area contributed by atoms with Crippen LogP contribution in [0, 0.1) is 10.1 Å². The number of hydrogen-bond donors (Lipinski definition) is 1. The van der Waals surface area contributed by atoms with E-state index in [1.54, 1.807) is 11.0 Å². The van der Waals surface area contributed by atoms with Gasteiger partial charge < -0.3 is 10.2 Å². The highest BCUT2D eigenvalue weighted by Gasteiger charge is 2.27. The van der Waals surface area contributed by atoms with Crippen LogP contribution in [0.15, 0.2) is 60.9 Å². The SMILES string of the molecule is CCN(c1ccccc1)c1ncnc(NCc2ccccc2Cl)c1[N+](=O)[O-]. The molecule has 0 aliphatic heterocycles. The molecule has 0 unspecified atom stereocenters. The van der Waals surface area contributed by atoms with Crippen molar-refractivity contribution in [3.8, 4) is 0 Å². The molecule has 0 saturated carbocycles. The molecule has 0 spiro atoms. The van der Waals surface area contributed by atoms with Gasteiger partial charge in [0.15, 0.2) is 0 Å². The molecule has 1 N–H and O–H groups in total. The van der Waals surface area contributed by atoms with Crippen molar-refractivity contribution in [3.05, 3.63) is 81.6 Å². The second kappa shape index (κ2) is 8.46. The summed E-state index contributed by atoms with van der Waals surface area (Å²) in [5.41, 5.74) is 1.47. The highest BCUT2D eigenvalue weighted by molar-refractivity contribution is 6.31. The van der Waals surface area contributed by atoms with Crippen LogP contribution in [-0.4, -0.2) is 21.4 Å². The number of rotatable bonds is 7. The molecule has 2 aromatic carbocycles. The number of hydrogen-bond acceptors (Lipinski definition) is 6. The van der Waals surface area contributed by atoms with E-state index in [0.29, 0.717) is 18.1 Å². The van der Waals surface area contributed by atoms with Gasteiger partial charge in [-0.15, -0.1) is 0 Å². The molecule has 8 heteroatoms. The summed E-state index contributed by atoms with van der Waals surface area (Å²) >= 11 is 6.16. The number of nitrogens with zero attached hydrogens (tertiary/aromatic N) is 4. The first-order chi connectivity index (χ1) is 13.1. The number of nitrogens with one attached hydrogen (secondary N) is 1. The average Bonchev–Trinajstić information content (AvgIpc) is 2.68. The van der Waals surface area contributed by atoms with Crippen LogP contribution >= 0.6 is 11.6 Å². The Morgan fingerprint density at radius 1 is 1.11 bits per heavy atom. The van der Waals surface area contributed by atoms with E-state index in [0.717, 1.165) is 11.3 Å². The first-order valence-corrected chi connectivity index (χ1v) is 8.79. The van der Waals surface area contributed by atoms with Gasteiger partial charge in [-0.3, -0.25) is 10.1 Å². The maximum atomic E-state index is 11.8. The fraction of sp³-hybridized carbons (Fsp3) is 0.158. The molecule has 0 aliphatic carbocycles. The van der Waals surface area contributed by atoms with Crippen LogP contribution in [0.4, 0.5) is 23.0 Å². The van der Waals surface area contributed by atoms with Gasteiger partial charge in [-0.25, -0.2) is 9.97 Å². The molecule has 7 nitrogen and oxygen atoms in total. The molecular weight excluding hydrogens is 366 g/mol. The standard InChI is InChI=1S/C19H18ClN5O2/c1-2-24(15-9-4-3-5-10-15)19-17(25(26)27)18(22-13-23-19)21-12-14-8-6-7-11-16(14)20/h3-11,13H,2,12H2,1H3,(H,21,22,23). The Morgan fingerprint density at radius 3 is 2.48 bits per heavy atom. The summed E-state index contributed by atoms with van der Waals surface area (Å²) in [5, 5.41) is 15.4.